The average Bonchev–Trinajstić information content (AvgIpc) is 2.56. The molecule has 0 fully saturated rings. The van der Waals surface area contributed by atoms with Crippen LogP contribution in [0.1, 0.15) is 11.1 Å². The number of halogens is 1. The number of carbonyl (C=O) groups excluding carboxylic acids is 2. The van der Waals surface area contributed by atoms with Crippen molar-refractivity contribution in [2.45, 2.75) is 13.8 Å². The molecule has 6 nitrogen and oxygen atoms in total. The van der Waals surface area contributed by atoms with Gasteiger partial charge in [-0.2, -0.15) is 0 Å². The molecule has 126 valence electrons. The molecule has 0 spiro atoms. The Morgan fingerprint density at radius 1 is 1.04 bits per heavy atom. The van der Waals surface area contributed by atoms with Crippen LogP contribution in [0, 0.1) is 13.8 Å². The van der Waals surface area contributed by atoms with E-state index in [1.165, 1.54) is 0 Å². The highest BCUT2D eigenvalue weighted by molar-refractivity contribution is 6.33. The third kappa shape index (κ3) is 5.17. The van der Waals surface area contributed by atoms with Crippen LogP contribution < -0.4 is 20.9 Å². The zero-order valence-corrected chi connectivity index (χ0v) is 14.1. The minimum Gasteiger partial charge on any atom is -0.484 e. The lowest BCUT2D eigenvalue weighted by Crippen LogP contribution is -2.45. The molecule has 0 aliphatic rings. The topological polar surface area (TPSA) is 79.5 Å². The van der Waals surface area contributed by atoms with Crippen molar-refractivity contribution in [2.75, 3.05) is 11.9 Å². The molecular weight excluding hydrogens is 330 g/mol. The Morgan fingerprint density at radius 2 is 1.79 bits per heavy atom. The zero-order chi connectivity index (χ0) is 17.5. The summed E-state index contributed by atoms with van der Waals surface area (Å²) < 4.78 is 5.37. The molecule has 2 aromatic carbocycles. The molecule has 0 unspecified atom stereocenters. The van der Waals surface area contributed by atoms with Crippen LogP contribution in [0.4, 0.5) is 10.5 Å². The van der Waals surface area contributed by atoms with E-state index in [0.717, 1.165) is 11.1 Å². The van der Waals surface area contributed by atoms with Gasteiger partial charge in [0.05, 0.1) is 10.7 Å². The van der Waals surface area contributed by atoms with Crippen molar-refractivity contribution in [1.82, 2.24) is 10.9 Å². The number of hydrazine groups is 1. The fourth-order valence-corrected chi connectivity index (χ4v) is 2.01. The molecule has 0 saturated heterocycles. The van der Waals surface area contributed by atoms with Gasteiger partial charge in [0.2, 0.25) is 0 Å². The zero-order valence-electron chi connectivity index (χ0n) is 13.4. The highest BCUT2D eigenvalue weighted by Gasteiger charge is 2.07. The maximum atomic E-state index is 11.7. The number of nitrogens with one attached hydrogen (secondary N) is 3. The van der Waals surface area contributed by atoms with Crippen molar-refractivity contribution in [3.05, 3.63) is 58.6 Å². The van der Waals surface area contributed by atoms with Gasteiger partial charge in [0, 0.05) is 0 Å². The van der Waals surface area contributed by atoms with Crippen molar-refractivity contribution in [3.8, 4) is 5.75 Å². The van der Waals surface area contributed by atoms with E-state index in [1.54, 1.807) is 30.3 Å². The SMILES string of the molecule is Cc1ccc(OCC(=O)NNC(=O)Nc2ccccc2Cl)cc1C. The number of ether oxygens (including phenoxy) is 1. The second kappa shape index (κ2) is 8.21. The van der Waals surface area contributed by atoms with Crippen molar-refractivity contribution in [3.63, 3.8) is 0 Å². The number of benzene rings is 2. The highest BCUT2D eigenvalue weighted by Crippen LogP contribution is 2.20. The van der Waals surface area contributed by atoms with E-state index in [9.17, 15) is 9.59 Å². The van der Waals surface area contributed by atoms with E-state index in [-0.39, 0.29) is 6.61 Å². The van der Waals surface area contributed by atoms with Crippen molar-refractivity contribution < 1.29 is 14.3 Å². The van der Waals surface area contributed by atoms with E-state index in [2.05, 4.69) is 16.2 Å². The quantitative estimate of drug-likeness (QED) is 0.743. The molecule has 0 saturated carbocycles. The van der Waals surface area contributed by atoms with Gasteiger partial charge in [-0.05, 0) is 49.2 Å². The number of rotatable bonds is 4. The predicted molar refractivity (Wildman–Crippen MR) is 93.2 cm³/mol. The monoisotopic (exact) mass is 347 g/mol. The normalized spacial score (nSPS) is 9.96. The molecule has 0 aliphatic heterocycles. The van der Waals surface area contributed by atoms with Crippen LogP contribution in [0.3, 0.4) is 0 Å². The Hall–Kier alpha value is -2.73. The third-order valence-electron chi connectivity index (χ3n) is 3.29. The summed E-state index contributed by atoms with van der Waals surface area (Å²) in [5.74, 6) is 0.108. The van der Waals surface area contributed by atoms with Gasteiger partial charge in [0.1, 0.15) is 5.75 Å². The standard InChI is InChI=1S/C17H18ClN3O3/c1-11-7-8-13(9-12(11)2)24-10-16(22)20-21-17(23)19-15-6-4-3-5-14(15)18/h3-9H,10H2,1-2H3,(H,20,22)(H2,19,21,23). The van der Waals surface area contributed by atoms with Crippen LogP contribution in [0.2, 0.25) is 5.02 Å². The van der Waals surface area contributed by atoms with Gasteiger partial charge in [-0.15, -0.1) is 0 Å². The van der Waals surface area contributed by atoms with Gasteiger partial charge in [0.25, 0.3) is 5.91 Å². The molecule has 0 radical (unpaired) electrons. The molecule has 0 bridgehead atoms. The molecule has 0 aromatic heterocycles. The smallest absolute Gasteiger partial charge is 0.337 e. The van der Waals surface area contributed by atoms with E-state index in [4.69, 9.17) is 16.3 Å². The molecule has 7 heteroatoms. The average molecular weight is 348 g/mol. The molecule has 24 heavy (non-hydrogen) atoms. The Morgan fingerprint density at radius 3 is 2.50 bits per heavy atom. The third-order valence-corrected chi connectivity index (χ3v) is 3.62. The van der Waals surface area contributed by atoms with Crippen LogP contribution in [0.15, 0.2) is 42.5 Å². The lowest BCUT2D eigenvalue weighted by molar-refractivity contribution is -0.123. The molecule has 3 N–H and O–H groups in total. The lowest BCUT2D eigenvalue weighted by atomic mass is 10.1. The second-order valence-electron chi connectivity index (χ2n) is 5.14. The second-order valence-corrected chi connectivity index (χ2v) is 5.55. The largest absolute Gasteiger partial charge is 0.484 e. The van der Waals surface area contributed by atoms with Gasteiger partial charge < -0.3 is 10.1 Å². The van der Waals surface area contributed by atoms with E-state index < -0.39 is 11.9 Å². The molecule has 3 amide bonds. The fourth-order valence-electron chi connectivity index (χ4n) is 1.83. The van der Waals surface area contributed by atoms with Crippen LogP contribution in [-0.4, -0.2) is 18.5 Å². The van der Waals surface area contributed by atoms with Gasteiger partial charge >= 0.3 is 6.03 Å². The summed E-state index contributed by atoms with van der Waals surface area (Å²) in [5, 5.41) is 2.92. The van der Waals surface area contributed by atoms with Crippen LogP contribution in [0.5, 0.6) is 5.75 Å². The number of carbonyl (C=O) groups is 2. The highest BCUT2D eigenvalue weighted by atomic mass is 35.5. The summed E-state index contributed by atoms with van der Waals surface area (Å²) in [7, 11) is 0. The van der Waals surface area contributed by atoms with E-state index in [1.807, 2.05) is 26.0 Å². The molecular formula is C17H18ClN3O3. The Labute approximate surface area is 145 Å². The summed E-state index contributed by atoms with van der Waals surface area (Å²) in [4.78, 5) is 23.4. The van der Waals surface area contributed by atoms with Gasteiger partial charge in [-0.3, -0.25) is 10.2 Å². The molecule has 0 atom stereocenters. The first kappa shape index (κ1) is 17.6. The minimum atomic E-state index is -0.609. The van der Waals surface area contributed by atoms with Crippen molar-refractivity contribution in [1.29, 1.82) is 0 Å². The maximum absolute atomic E-state index is 11.7. The molecule has 2 rings (SSSR count). The summed E-state index contributed by atoms with van der Waals surface area (Å²) in [6.07, 6.45) is 0. The van der Waals surface area contributed by atoms with Crippen molar-refractivity contribution >= 4 is 29.2 Å². The van der Waals surface area contributed by atoms with Gasteiger partial charge in [0.15, 0.2) is 6.61 Å². The van der Waals surface area contributed by atoms with Crippen LogP contribution in [0.25, 0.3) is 0 Å². The first-order valence-electron chi connectivity index (χ1n) is 7.26. The van der Waals surface area contributed by atoms with Crippen molar-refractivity contribution in [2.24, 2.45) is 0 Å². The molecule has 0 heterocycles. The number of urea groups is 1. The number of hydrogen-bond acceptors (Lipinski definition) is 3. The van der Waals surface area contributed by atoms with Crippen LogP contribution >= 0.6 is 11.6 Å². The van der Waals surface area contributed by atoms with E-state index in [0.29, 0.717) is 16.5 Å². The Bertz CT molecular complexity index is 750. The van der Waals surface area contributed by atoms with E-state index >= 15 is 0 Å². The lowest BCUT2D eigenvalue weighted by Gasteiger charge is -2.11. The number of anilines is 1. The summed E-state index contributed by atoms with van der Waals surface area (Å²) in [5.41, 5.74) is 7.14. The van der Waals surface area contributed by atoms with Gasteiger partial charge in [-0.1, -0.05) is 29.8 Å². The first-order chi connectivity index (χ1) is 11.5. The van der Waals surface area contributed by atoms with Gasteiger partial charge in [-0.25, -0.2) is 10.2 Å². The summed E-state index contributed by atoms with van der Waals surface area (Å²) in [6, 6.07) is 11.7. The predicted octanol–water partition coefficient (Wildman–Crippen LogP) is 3.19. The van der Waals surface area contributed by atoms with Crippen LogP contribution in [-0.2, 0) is 4.79 Å². The number of hydrogen-bond donors (Lipinski definition) is 3. The Balaban J connectivity index is 1.75. The maximum Gasteiger partial charge on any atom is 0.337 e. The Kier molecular flexibility index (Phi) is 6.03. The fraction of sp³-hybridized carbons (Fsp3) is 0.176. The number of aryl methyl sites for hydroxylation is 2. The minimum absolute atomic E-state index is 0.213. The summed E-state index contributed by atoms with van der Waals surface area (Å²) >= 11 is 5.92. The molecule has 2 aromatic rings. The summed E-state index contributed by atoms with van der Waals surface area (Å²) in [6.45, 7) is 3.74. The number of amides is 3. The molecule has 0 aliphatic carbocycles. The first-order valence-corrected chi connectivity index (χ1v) is 7.64. The number of para-hydroxylation sites is 1.